The molecule has 96 valence electrons. The summed E-state index contributed by atoms with van der Waals surface area (Å²) in [6, 6.07) is 8.03. The van der Waals surface area contributed by atoms with Crippen LogP contribution in [0.3, 0.4) is 0 Å². The molecule has 1 heterocycles. The molecule has 1 aromatic heterocycles. The standard InChI is InChI=1S/C13H15Cl2N3/c1-9-13(15)12(18(2)17-9)8-16-11-5-3-10(7-14)4-6-11/h3-6,16H,7-8H2,1-2H3. The van der Waals surface area contributed by atoms with E-state index >= 15 is 0 Å². The number of aromatic nitrogens is 2. The van der Waals surface area contributed by atoms with Gasteiger partial charge in [-0.2, -0.15) is 5.10 Å². The number of anilines is 1. The van der Waals surface area contributed by atoms with Crippen molar-refractivity contribution in [3.8, 4) is 0 Å². The van der Waals surface area contributed by atoms with Crippen LogP contribution in [0.4, 0.5) is 5.69 Å². The fraction of sp³-hybridized carbons (Fsp3) is 0.308. The zero-order chi connectivity index (χ0) is 13.1. The van der Waals surface area contributed by atoms with Gasteiger partial charge < -0.3 is 5.32 Å². The molecule has 0 aliphatic heterocycles. The van der Waals surface area contributed by atoms with Gasteiger partial charge >= 0.3 is 0 Å². The highest BCUT2D eigenvalue weighted by atomic mass is 35.5. The number of alkyl halides is 1. The number of nitrogens with one attached hydrogen (secondary N) is 1. The minimum atomic E-state index is 0.535. The summed E-state index contributed by atoms with van der Waals surface area (Å²) in [7, 11) is 1.90. The van der Waals surface area contributed by atoms with E-state index in [1.54, 1.807) is 4.68 Å². The highest BCUT2D eigenvalue weighted by molar-refractivity contribution is 6.31. The Bertz CT molecular complexity index is 532. The van der Waals surface area contributed by atoms with Crippen LogP contribution in [-0.2, 0) is 19.5 Å². The van der Waals surface area contributed by atoms with Gasteiger partial charge in [0.15, 0.2) is 0 Å². The van der Waals surface area contributed by atoms with Crippen molar-refractivity contribution in [1.29, 1.82) is 0 Å². The van der Waals surface area contributed by atoms with Gasteiger partial charge in [0, 0.05) is 18.6 Å². The molecule has 5 heteroatoms. The first kappa shape index (κ1) is 13.2. The van der Waals surface area contributed by atoms with Gasteiger partial charge in [-0.25, -0.2) is 0 Å². The summed E-state index contributed by atoms with van der Waals surface area (Å²) in [4.78, 5) is 0. The molecule has 0 saturated carbocycles. The second kappa shape index (κ2) is 5.63. The van der Waals surface area contributed by atoms with E-state index in [4.69, 9.17) is 23.2 Å². The van der Waals surface area contributed by atoms with Crippen molar-refractivity contribution in [3.05, 3.63) is 46.2 Å². The van der Waals surface area contributed by atoms with E-state index in [-0.39, 0.29) is 0 Å². The lowest BCUT2D eigenvalue weighted by Crippen LogP contribution is -2.05. The van der Waals surface area contributed by atoms with Crippen molar-refractivity contribution in [1.82, 2.24) is 9.78 Å². The third-order valence-corrected chi connectivity index (χ3v) is 3.63. The number of benzene rings is 1. The quantitative estimate of drug-likeness (QED) is 0.867. The Balaban J connectivity index is 2.06. The zero-order valence-electron chi connectivity index (χ0n) is 10.4. The second-order valence-electron chi connectivity index (χ2n) is 4.15. The van der Waals surface area contributed by atoms with E-state index < -0.39 is 0 Å². The average molecular weight is 284 g/mol. The Kier molecular flexibility index (Phi) is 4.15. The molecule has 0 radical (unpaired) electrons. The Labute approximate surface area is 117 Å². The molecule has 0 fully saturated rings. The Morgan fingerprint density at radius 2 is 1.94 bits per heavy atom. The lowest BCUT2D eigenvalue weighted by molar-refractivity contribution is 0.713. The minimum absolute atomic E-state index is 0.535. The molecule has 0 atom stereocenters. The van der Waals surface area contributed by atoms with Crippen LogP contribution >= 0.6 is 23.2 Å². The predicted molar refractivity (Wildman–Crippen MR) is 76.3 cm³/mol. The van der Waals surface area contributed by atoms with Gasteiger partial charge in [0.1, 0.15) is 0 Å². The molecule has 18 heavy (non-hydrogen) atoms. The first-order valence-corrected chi connectivity index (χ1v) is 6.60. The van der Waals surface area contributed by atoms with Crippen molar-refractivity contribution in [2.24, 2.45) is 7.05 Å². The summed E-state index contributed by atoms with van der Waals surface area (Å²) >= 11 is 11.9. The number of aryl methyl sites for hydroxylation is 2. The van der Waals surface area contributed by atoms with Gasteiger partial charge in [-0.3, -0.25) is 4.68 Å². The summed E-state index contributed by atoms with van der Waals surface area (Å²) < 4.78 is 1.80. The molecule has 0 saturated heterocycles. The van der Waals surface area contributed by atoms with E-state index in [9.17, 15) is 0 Å². The average Bonchev–Trinajstić information content (AvgIpc) is 2.62. The molecule has 0 amide bonds. The van der Waals surface area contributed by atoms with Crippen LogP contribution in [-0.4, -0.2) is 9.78 Å². The maximum atomic E-state index is 6.19. The maximum Gasteiger partial charge on any atom is 0.0865 e. The van der Waals surface area contributed by atoms with Crippen LogP contribution in [0.25, 0.3) is 0 Å². The third kappa shape index (κ3) is 2.79. The number of hydrogen-bond acceptors (Lipinski definition) is 2. The number of hydrogen-bond donors (Lipinski definition) is 1. The maximum absolute atomic E-state index is 6.19. The Morgan fingerprint density at radius 3 is 2.44 bits per heavy atom. The fourth-order valence-corrected chi connectivity index (χ4v) is 2.17. The SMILES string of the molecule is Cc1nn(C)c(CNc2ccc(CCl)cc2)c1Cl. The van der Waals surface area contributed by atoms with E-state index in [1.165, 1.54) is 0 Å². The molecule has 1 aromatic carbocycles. The fourth-order valence-electron chi connectivity index (χ4n) is 1.77. The van der Waals surface area contributed by atoms with Crippen molar-refractivity contribution >= 4 is 28.9 Å². The third-order valence-electron chi connectivity index (χ3n) is 2.83. The monoisotopic (exact) mass is 283 g/mol. The lowest BCUT2D eigenvalue weighted by atomic mass is 10.2. The molecule has 0 spiro atoms. The number of halogens is 2. The summed E-state index contributed by atoms with van der Waals surface area (Å²) in [5.74, 6) is 0.535. The summed E-state index contributed by atoms with van der Waals surface area (Å²) in [5.41, 5.74) is 3.99. The van der Waals surface area contributed by atoms with E-state index in [0.29, 0.717) is 12.4 Å². The molecule has 0 unspecified atom stereocenters. The van der Waals surface area contributed by atoms with E-state index in [0.717, 1.165) is 27.7 Å². The van der Waals surface area contributed by atoms with Crippen LogP contribution in [0, 0.1) is 6.92 Å². The van der Waals surface area contributed by atoms with E-state index in [2.05, 4.69) is 10.4 Å². The summed E-state index contributed by atoms with van der Waals surface area (Å²) in [5, 5.41) is 8.32. The predicted octanol–water partition coefficient (Wildman–Crippen LogP) is 3.73. The molecular weight excluding hydrogens is 269 g/mol. The zero-order valence-corrected chi connectivity index (χ0v) is 11.9. The number of rotatable bonds is 4. The van der Waals surface area contributed by atoms with Crippen molar-refractivity contribution < 1.29 is 0 Å². The van der Waals surface area contributed by atoms with Gasteiger partial charge in [0.2, 0.25) is 0 Å². The molecule has 0 aliphatic carbocycles. The molecule has 0 bridgehead atoms. The number of nitrogens with zero attached hydrogens (tertiary/aromatic N) is 2. The summed E-state index contributed by atoms with van der Waals surface area (Å²) in [6.45, 7) is 2.55. The van der Waals surface area contributed by atoms with E-state index in [1.807, 2.05) is 38.2 Å². The highest BCUT2D eigenvalue weighted by Crippen LogP contribution is 2.20. The van der Waals surface area contributed by atoms with Crippen LogP contribution in [0.15, 0.2) is 24.3 Å². The Morgan fingerprint density at radius 1 is 1.28 bits per heavy atom. The van der Waals surface area contributed by atoms with Crippen LogP contribution in [0.5, 0.6) is 0 Å². The molecule has 2 rings (SSSR count). The first-order valence-electron chi connectivity index (χ1n) is 5.68. The minimum Gasteiger partial charge on any atom is -0.379 e. The van der Waals surface area contributed by atoms with Crippen molar-refractivity contribution in [2.45, 2.75) is 19.3 Å². The Hall–Kier alpha value is -1.19. The van der Waals surface area contributed by atoms with Crippen LogP contribution < -0.4 is 5.32 Å². The van der Waals surface area contributed by atoms with Crippen molar-refractivity contribution in [2.75, 3.05) is 5.32 Å². The normalized spacial score (nSPS) is 10.7. The largest absolute Gasteiger partial charge is 0.379 e. The lowest BCUT2D eigenvalue weighted by Gasteiger charge is -2.07. The van der Waals surface area contributed by atoms with Gasteiger partial charge in [0.25, 0.3) is 0 Å². The smallest absolute Gasteiger partial charge is 0.0865 e. The van der Waals surface area contributed by atoms with Crippen LogP contribution in [0.1, 0.15) is 17.0 Å². The van der Waals surface area contributed by atoms with Crippen molar-refractivity contribution in [3.63, 3.8) is 0 Å². The molecule has 3 nitrogen and oxygen atoms in total. The summed E-state index contributed by atoms with van der Waals surface area (Å²) in [6.07, 6.45) is 0. The second-order valence-corrected chi connectivity index (χ2v) is 4.80. The van der Waals surface area contributed by atoms with Gasteiger partial charge in [0.05, 0.1) is 23.0 Å². The van der Waals surface area contributed by atoms with Gasteiger partial charge in [-0.15, -0.1) is 11.6 Å². The van der Waals surface area contributed by atoms with Crippen LogP contribution in [0.2, 0.25) is 5.02 Å². The molecular formula is C13H15Cl2N3. The topological polar surface area (TPSA) is 29.9 Å². The van der Waals surface area contributed by atoms with Gasteiger partial charge in [-0.05, 0) is 24.6 Å². The molecule has 1 N–H and O–H groups in total. The highest BCUT2D eigenvalue weighted by Gasteiger charge is 2.10. The van der Waals surface area contributed by atoms with Gasteiger partial charge in [-0.1, -0.05) is 23.7 Å². The molecule has 0 aliphatic rings. The molecule has 2 aromatic rings. The first-order chi connectivity index (χ1) is 8.61.